The van der Waals surface area contributed by atoms with Crippen molar-refractivity contribution in [3.63, 3.8) is 0 Å². The average molecular weight is 388 g/mol. The summed E-state index contributed by atoms with van der Waals surface area (Å²) in [5.74, 6) is 0.730. The molecule has 1 saturated heterocycles. The van der Waals surface area contributed by atoms with Crippen molar-refractivity contribution >= 4 is 18.1 Å². The van der Waals surface area contributed by atoms with E-state index in [1.807, 2.05) is 25.5 Å². The Morgan fingerprint density at radius 3 is 2.50 bits per heavy atom. The molecule has 1 aliphatic heterocycles. The summed E-state index contributed by atoms with van der Waals surface area (Å²) in [5.41, 5.74) is 0.769. The number of hydrogen-bond acceptors (Lipinski definition) is 4. The lowest BCUT2D eigenvalue weighted by Gasteiger charge is -2.32. The van der Waals surface area contributed by atoms with Gasteiger partial charge >= 0.3 is 6.09 Å². The van der Waals surface area contributed by atoms with Crippen LogP contribution in [0.1, 0.15) is 78.5 Å². The van der Waals surface area contributed by atoms with Gasteiger partial charge in [0.25, 0.3) is 5.91 Å². The topological polar surface area (TPSA) is 64.4 Å². The zero-order valence-electron chi connectivity index (χ0n) is 17.8. The van der Waals surface area contributed by atoms with Crippen molar-refractivity contribution < 1.29 is 14.3 Å². The van der Waals surface area contributed by atoms with E-state index in [-0.39, 0.29) is 11.8 Å². The van der Waals surface area contributed by atoms with E-state index in [1.165, 1.54) is 30.6 Å². The minimum atomic E-state index is -0.627. The van der Waals surface area contributed by atoms with Crippen LogP contribution in [-0.2, 0) is 9.53 Å². The van der Waals surface area contributed by atoms with Gasteiger partial charge in [-0.25, -0.2) is 14.7 Å². The molecule has 154 valence electrons. The predicted molar refractivity (Wildman–Crippen MR) is 109 cm³/mol. The Morgan fingerprint density at radius 2 is 1.86 bits per heavy atom. The quantitative estimate of drug-likeness (QED) is 0.682. The fourth-order valence-electron chi connectivity index (χ4n) is 4.04. The van der Waals surface area contributed by atoms with Crippen LogP contribution in [0.3, 0.4) is 0 Å². The number of imide groups is 1. The zero-order chi connectivity index (χ0) is 20.5. The maximum absolute atomic E-state index is 12.9. The number of likely N-dealkylation sites (tertiary alicyclic amines) is 1. The average Bonchev–Trinajstić information content (AvgIpc) is 3.05. The highest BCUT2D eigenvalue weighted by atomic mass is 16.6. The van der Waals surface area contributed by atoms with Crippen molar-refractivity contribution in [2.75, 3.05) is 6.54 Å². The summed E-state index contributed by atoms with van der Waals surface area (Å²) in [6.07, 6.45) is 10.7. The Hall–Kier alpha value is -2.11. The number of amides is 2. The number of carbonyl (C=O) groups excluding carboxylic acids is 2. The molecule has 0 spiro atoms. The van der Waals surface area contributed by atoms with Gasteiger partial charge in [-0.2, -0.15) is 0 Å². The largest absolute Gasteiger partial charge is 0.443 e. The summed E-state index contributed by atoms with van der Waals surface area (Å²) in [5, 5.41) is 0. The van der Waals surface area contributed by atoms with Crippen LogP contribution in [0.2, 0.25) is 0 Å². The maximum atomic E-state index is 12.9. The van der Waals surface area contributed by atoms with Crippen molar-refractivity contribution in [3.8, 4) is 0 Å². The van der Waals surface area contributed by atoms with Gasteiger partial charge in [0.05, 0.1) is 12.0 Å². The van der Waals surface area contributed by atoms with Gasteiger partial charge < -0.3 is 9.30 Å². The van der Waals surface area contributed by atoms with Gasteiger partial charge in [0.2, 0.25) is 0 Å². The second-order valence-corrected chi connectivity index (χ2v) is 9.53. The Kier molecular flexibility index (Phi) is 5.96. The predicted octanol–water partition coefficient (Wildman–Crippen LogP) is 4.82. The number of carbonyl (C=O) groups is 2. The molecule has 0 bridgehead atoms. The van der Waals surface area contributed by atoms with E-state index < -0.39 is 11.7 Å². The molecule has 6 heteroatoms. The second kappa shape index (κ2) is 8.10. The molecule has 28 heavy (non-hydrogen) atoms. The van der Waals surface area contributed by atoms with E-state index >= 15 is 0 Å². The Labute approximate surface area is 167 Å². The van der Waals surface area contributed by atoms with Crippen LogP contribution >= 0.6 is 0 Å². The van der Waals surface area contributed by atoms with Crippen LogP contribution in [0.25, 0.3) is 6.08 Å². The standard InChI is InChI=1S/C22H33N3O3/c1-15-6-8-19(9-7-15)24-13-18(23-14-24)11-17-10-16(2)12-25(20(17)26)21(27)28-22(3,4)5/h11,13-16,19H,6-10,12H2,1-5H3/b17-11+/t15?,16-,19?/m1/s1. The molecule has 1 aromatic heterocycles. The Balaban J connectivity index is 1.74. The van der Waals surface area contributed by atoms with Crippen molar-refractivity contribution in [3.05, 3.63) is 23.8 Å². The molecular weight excluding hydrogens is 354 g/mol. The fourth-order valence-corrected chi connectivity index (χ4v) is 4.04. The number of imidazole rings is 1. The molecule has 2 fully saturated rings. The molecule has 2 heterocycles. The normalized spacial score (nSPS) is 27.9. The minimum Gasteiger partial charge on any atom is -0.443 e. The Bertz CT molecular complexity index is 751. The van der Waals surface area contributed by atoms with Crippen LogP contribution in [0.4, 0.5) is 4.79 Å². The lowest BCUT2D eigenvalue weighted by molar-refractivity contribution is -0.128. The van der Waals surface area contributed by atoms with Gasteiger partial charge in [0.15, 0.2) is 0 Å². The molecule has 1 atom stereocenters. The Morgan fingerprint density at radius 1 is 1.18 bits per heavy atom. The third kappa shape index (κ3) is 5.03. The molecule has 0 aromatic carbocycles. The smallest absolute Gasteiger partial charge is 0.417 e. The van der Waals surface area contributed by atoms with Gasteiger partial charge in [-0.15, -0.1) is 0 Å². The SMILES string of the molecule is CC1CCC(n2cnc(/C=C3\C[C@@H](C)CN(C(=O)OC(C)(C)C)C3=O)c2)CC1. The highest BCUT2D eigenvalue weighted by molar-refractivity contribution is 6.05. The lowest BCUT2D eigenvalue weighted by atomic mass is 9.87. The molecule has 0 unspecified atom stereocenters. The van der Waals surface area contributed by atoms with Gasteiger partial charge in [0.1, 0.15) is 5.60 Å². The molecule has 0 N–H and O–H groups in total. The lowest BCUT2D eigenvalue weighted by Crippen LogP contribution is -2.46. The highest BCUT2D eigenvalue weighted by Gasteiger charge is 2.34. The molecule has 6 nitrogen and oxygen atoms in total. The molecule has 0 radical (unpaired) electrons. The van der Waals surface area contributed by atoms with E-state index in [1.54, 1.807) is 20.8 Å². The number of aromatic nitrogens is 2. The van der Waals surface area contributed by atoms with E-state index in [2.05, 4.69) is 16.5 Å². The summed E-state index contributed by atoms with van der Waals surface area (Å²) < 4.78 is 7.59. The number of piperidine rings is 1. The fraction of sp³-hybridized carbons (Fsp3) is 0.682. The summed E-state index contributed by atoms with van der Waals surface area (Å²) in [6.45, 7) is 10.2. The first-order valence-corrected chi connectivity index (χ1v) is 10.4. The first kappa shape index (κ1) is 20.6. The molecule has 1 aliphatic carbocycles. The minimum absolute atomic E-state index is 0.193. The van der Waals surface area contributed by atoms with Gasteiger partial charge in [-0.05, 0) is 70.8 Å². The molecular formula is C22H33N3O3. The van der Waals surface area contributed by atoms with Crippen molar-refractivity contribution in [2.45, 2.75) is 78.4 Å². The third-order valence-electron chi connectivity index (χ3n) is 5.55. The summed E-state index contributed by atoms with van der Waals surface area (Å²) in [4.78, 5) is 31.0. The second-order valence-electron chi connectivity index (χ2n) is 9.53. The third-order valence-corrected chi connectivity index (χ3v) is 5.55. The number of nitrogens with zero attached hydrogens (tertiary/aromatic N) is 3. The van der Waals surface area contributed by atoms with Gasteiger partial charge in [0, 0.05) is 24.4 Å². The van der Waals surface area contributed by atoms with Crippen LogP contribution in [0.5, 0.6) is 0 Å². The van der Waals surface area contributed by atoms with Crippen LogP contribution in [-0.4, -0.2) is 38.6 Å². The molecule has 1 aromatic rings. The zero-order valence-corrected chi connectivity index (χ0v) is 17.8. The summed E-state index contributed by atoms with van der Waals surface area (Å²) in [7, 11) is 0. The number of hydrogen-bond donors (Lipinski definition) is 0. The van der Waals surface area contributed by atoms with Gasteiger partial charge in [-0.1, -0.05) is 13.8 Å². The van der Waals surface area contributed by atoms with E-state index in [9.17, 15) is 9.59 Å². The first-order valence-electron chi connectivity index (χ1n) is 10.4. The summed E-state index contributed by atoms with van der Waals surface area (Å²) in [6, 6.07) is 0.495. The maximum Gasteiger partial charge on any atom is 0.417 e. The van der Waals surface area contributed by atoms with Crippen LogP contribution in [0, 0.1) is 11.8 Å². The summed E-state index contributed by atoms with van der Waals surface area (Å²) >= 11 is 0. The van der Waals surface area contributed by atoms with Gasteiger partial charge in [-0.3, -0.25) is 4.79 Å². The van der Waals surface area contributed by atoms with Crippen LogP contribution in [0.15, 0.2) is 18.1 Å². The van der Waals surface area contributed by atoms with E-state index in [4.69, 9.17) is 4.74 Å². The number of ether oxygens (including phenoxy) is 1. The van der Waals surface area contributed by atoms with Crippen molar-refractivity contribution in [1.82, 2.24) is 14.5 Å². The molecule has 2 amide bonds. The van der Waals surface area contributed by atoms with E-state index in [0.29, 0.717) is 24.6 Å². The van der Waals surface area contributed by atoms with Crippen molar-refractivity contribution in [2.24, 2.45) is 11.8 Å². The molecule has 3 rings (SSSR count). The van der Waals surface area contributed by atoms with Crippen molar-refractivity contribution in [1.29, 1.82) is 0 Å². The molecule has 1 saturated carbocycles. The monoisotopic (exact) mass is 387 g/mol. The van der Waals surface area contributed by atoms with E-state index in [0.717, 1.165) is 11.6 Å². The van der Waals surface area contributed by atoms with Crippen LogP contribution < -0.4 is 0 Å². The molecule has 2 aliphatic rings. The number of rotatable bonds is 2. The highest BCUT2D eigenvalue weighted by Crippen LogP contribution is 2.32. The first-order chi connectivity index (χ1) is 13.1.